The SMILES string of the molecule is O=S(=O)(Nc1ccc(I)cc1)c1ccc(CNC2CC2)o1. The summed E-state index contributed by atoms with van der Waals surface area (Å²) in [6, 6.07) is 10.9. The molecule has 0 radical (unpaired) electrons. The van der Waals surface area contributed by atoms with E-state index in [4.69, 9.17) is 4.42 Å². The van der Waals surface area contributed by atoms with Crippen LogP contribution in [0.5, 0.6) is 0 Å². The summed E-state index contributed by atoms with van der Waals surface area (Å²) in [5.41, 5.74) is 0.518. The van der Waals surface area contributed by atoms with E-state index < -0.39 is 10.0 Å². The molecule has 0 atom stereocenters. The fourth-order valence-electron chi connectivity index (χ4n) is 1.85. The van der Waals surface area contributed by atoms with Crippen molar-refractivity contribution in [2.45, 2.75) is 30.5 Å². The van der Waals surface area contributed by atoms with Crippen molar-refractivity contribution in [2.24, 2.45) is 0 Å². The average Bonchev–Trinajstić information content (AvgIpc) is 3.15. The van der Waals surface area contributed by atoms with Crippen LogP contribution < -0.4 is 10.0 Å². The molecule has 1 fully saturated rings. The van der Waals surface area contributed by atoms with Gasteiger partial charge in [0.1, 0.15) is 5.76 Å². The Morgan fingerprint density at radius 2 is 1.86 bits per heavy atom. The number of hydrogen-bond acceptors (Lipinski definition) is 4. The van der Waals surface area contributed by atoms with Gasteiger partial charge in [0.25, 0.3) is 10.0 Å². The molecular weight excluding hydrogens is 403 g/mol. The van der Waals surface area contributed by atoms with Gasteiger partial charge in [-0.15, -0.1) is 0 Å². The molecule has 1 saturated carbocycles. The summed E-state index contributed by atoms with van der Waals surface area (Å²) in [6.45, 7) is 0.559. The molecule has 0 bridgehead atoms. The van der Waals surface area contributed by atoms with E-state index in [-0.39, 0.29) is 5.09 Å². The van der Waals surface area contributed by atoms with Crippen LogP contribution >= 0.6 is 22.6 Å². The lowest BCUT2D eigenvalue weighted by Crippen LogP contribution is -2.15. The minimum Gasteiger partial charge on any atom is -0.446 e. The highest BCUT2D eigenvalue weighted by Gasteiger charge is 2.22. The monoisotopic (exact) mass is 418 g/mol. The third-order valence-corrected chi connectivity index (χ3v) is 5.11. The van der Waals surface area contributed by atoms with Crippen LogP contribution in [0.3, 0.4) is 0 Å². The summed E-state index contributed by atoms with van der Waals surface area (Å²) in [5, 5.41) is 3.22. The molecular formula is C14H15IN2O3S. The molecule has 1 aromatic heterocycles. The predicted octanol–water partition coefficient (Wildman–Crippen LogP) is 2.94. The Morgan fingerprint density at radius 3 is 2.52 bits per heavy atom. The molecule has 0 saturated heterocycles. The molecule has 1 aromatic carbocycles. The lowest BCUT2D eigenvalue weighted by molar-refractivity contribution is 0.403. The van der Waals surface area contributed by atoms with E-state index in [2.05, 4.69) is 32.6 Å². The molecule has 2 aromatic rings. The maximum atomic E-state index is 12.2. The van der Waals surface area contributed by atoms with Crippen LogP contribution in [0.15, 0.2) is 45.9 Å². The van der Waals surface area contributed by atoms with Crippen molar-refractivity contribution in [1.29, 1.82) is 0 Å². The van der Waals surface area contributed by atoms with Crippen LogP contribution in [0, 0.1) is 3.57 Å². The van der Waals surface area contributed by atoms with Crippen molar-refractivity contribution in [3.05, 3.63) is 45.7 Å². The largest absolute Gasteiger partial charge is 0.446 e. The molecule has 0 amide bonds. The first-order valence-corrected chi connectivity index (χ1v) is 9.20. The van der Waals surface area contributed by atoms with Crippen LogP contribution in [-0.2, 0) is 16.6 Å². The van der Waals surface area contributed by atoms with Crippen LogP contribution in [0.25, 0.3) is 0 Å². The summed E-state index contributed by atoms with van der Waals surface area (Å²) in [4.78, 5) is 0. The molecule has 0 spiro atoms. The third-order valence-electron chi connectivity index (χ3n) is 3.14. The fraction of sp³-hybridized carbons (Fsp3) is 0.286. The maximum absolute atomic E-state index is 12.2. The first kappa shape index (κ1) is 14.9. The van der Waals surface area contributed by atoms with E-state index in [9.17, 15) is 8.42 Å². The van der Waals surface area contributed by atoms with Gasteiger partial charge in [-0.05, 0) is 71.8 Å². The van der Waals surface area contributed by atoms with E-state index in [0.29, 0.717) is 24.0 Å². The minimum absolute atomic E-state index is 0.0614. The van der Waals surface area contributed by atoms with E-state index in [1.807, 2.05) is 12.1 Å². The Kier molecular flexibility index (Phi) is 4.23. The van der Waals surface area contributed by atoms with Crippen molar-refractivity contribution in [1.82, 2.24) is 5.32 Å². The van der Waals surface area contributed by atoms with Crippen molar-refractivity contribution in [3.8, 4) is 0 Å². The van der Waals surface area contributed by atoms with E-state index in [0.717, 1.165) is 3.57 Å². The zero-order valence-corrected chi connectivity index (χ0v) is 14.1. The quantitative estimate of drug-likeness (QED) is 0.708. The topological polar surface area (TPSA) is 71.3 Å². The van der Waals surface area contributed by atoms with Crippen LogP contribution in [-0.4, -0.2) is 14.5 Å². The Balaban J connectivity index is 1.69. The van der Waals surface area contributed by atoms with Crippen LogP contribution in [0.2, 0.25) is 0 Å². The minimum atomic E-state index is -3.68. The van der Waals surface area contributed by atoms with Gasteiger partial charge >= 0.3 is 0 Å². The summed E-state index contributed by atoms with van der Waals surface area (Å²) < 4.78 is 33.4. The zero-order valence-electron chi connectivity index (χ0n) is 11.2. The number of hydrogen-bond donors (Lipinski definition) is 2. The van der Waals surface area contributed by atoms with Gasteiger partial charge in [-0.3, -0.25) is 4.72 Å². The van der Waals surface area contributed by atoms with E-state index in [1.165, 1.54) is 18.9 Å². The Hall–Kier alpha value is -1.06. The summed E-state index contributed by atoms with van der Waals surface area (Å²) in [6.07, 6.45) is 2.36. The summed E-state index contributed by atoms with van der Waals surface area (Å²) >= 11 is 2.17. The van der Waals surface area contributed by atoms with E-state index in [1.54, 1.807) is 18.2 Å². The molecule has 1 aliphatic carbocycles. The number of sulfonamides is 1. The van der Waals surface area contributed by atoms with Crippen LogP contribution in [0.4, 0.5) is 5.69 Å². The van der Waals surface area contributed by atoms with Gasteiger partial charge in [-0.25, -0.2) is 0 Å². The van der Waals surface area contributed by atoms with Crippen molar-refractivity contribution >= 4 is 38.3 Å². The number of rotatable bonds is 6. The van der Waals surface area contributed by atoms with Crippen molar-refractivity contribution in [3.63, 3.8) is 0 Å². The second-order valence-corrected chi connectivity index (χ2v) is 7.85. The molecule has 7 heteroatoms. The highest BCUT2D eigenvalue weighted by molar-refractivity contribution is 14.1. The first-order chi connectivity index (χ1) is 10.0. The molecule has 1 heterocycles. The molecule has 0 aliphatic heterocycles. The van der Waals surface area contributed by atoms with Gasteiger partial charge in [0.2, 0.25) is 5.09 Å². The smallest absolute Gasteiger partial charge is 0.295 e. The third kappa shape index (κ3) is 3.98. The number of benzene rings is 1. The average molecular weight is 418 g/mol. The van der Waals surface area contributed by atoms with Gasteiger partial charge in [-0.1, -0.05) is 0 Å². The Labute approximate surface area is 137 Å². The molecule has 3 rings (SSSR count). The maximum Gasteiger partial charge on any atom is 0.295 e. The highest BCUT2D eigenvalue weighted by Crippen LogP contribution is 2.22. The van der Waals surface area contributed by atoms with E-state index >= 15 is 0 Å². The molecule has 21 heavy (non-hydrogen) atoms. The lowest BCUT2D eigenvalue weighted by atomic mass is 10.3. The number of anilines is 1. The molecule has 5 nitrogen and oxygen atoms in total. The molecule has 1 aliphatic rings. The first-order valence-electron chi connectivity index (χ1n) is 6.63. The Bertz CT molecular complexity index is 721. The van der Waals surface area contributed by atoms with Gasteiger partial charge in [0.05, 0.1) is 6.54 Å². The zero-order chi connectivity index (χ0) is 14.9. The van der Waals surface area contributed by atoms with Gasteiger partial charge in [0, 0.05) is 15.3 Å². The second-order valence-electron chi connectivity index (χ2n) is 4.99. The van der Waals surface area contributed by atoms with Crippen molar-refractivity contribution in [2.75, 3.05) is 4.72 Å². The predicted molar refractivity (Wildman–Crippen MR) is 88.5 cm³/mol. The molecule has 0 unspecified atom stereocenters. The second kappa shape index (κ2) is 5.98. The lowest BCUT2D eigenvalue weighted by Gasteiger charge is -2.05. The standard InChI is InChI=1S/C14H15IN2O3S/c15-10-1-3-12(4-2-10)17-21(18,19)14-8-7-13(20-14)9-16-11-5-6-11/h1-4,7-8,11,16-17H,5-6,9H2. The molecule has 112 valence electrons. The fourth-order valence-corrected chi connectivity index (χ4v) is 3.22. The van der Waals surface area contributed by atoms with Gasteiger partial charge in [-0.2, -0.15) is 8.42 Å². The number of nitrogens with one attached hydrogen (secondary N) is 2. The summed E-state index contributed by atoms with van der Waals surface area (Å²) in [7, 11) is -3.68. The van der Waals surface area contributed by atoms with Crippen LogP contribution in [0.1, 0.15) is 18.6 Å². The highest BCUT2D eigenvalue weighted by atomic mass is 127. The van der Waals surface area contributed by atoms with Gasteiger partial charge in [0.15, 0.2) is 0 Å². The number of halogens is 1. The Morgan fingerprint density at radius 1 is 1.14 bits per heavy atom. The molecule has 2 N–H and O–H groups in total. The normalized spacial score (nSPS) is 15.1. The number of furan rings is 1. The van der Waals surface area contributed by atoms with Gasteiger partial charge < -0.3 is 9.73 Å². The van der Waals surface area contributed by atoms with Crippen molar-refractivity contribution < 1.29 is 12.8 Å². The summed E-state index contributed by atoms with van der Waals surface area (Å²) in [5.74, 6) is 0.630.